The molecule has 1 aromatic carbocycles. The van der Waals surface area contributed by atoms with Gasteiger partial charge in [-0.15, -0.1) is 0 Å². The van der Waals surface area contributed by atoms with Gasteiger partial charge in [0, 0.05) is 6.20 Å². The molecule has 1 fully saturated rings. The second-order valence-corrected chi connectivity index (χ2v) is 13.3. The van der Waals surface area contributed by atoms with Crippen LogP contribution in [0.25, 0.3) is 0 Å². The van der Waals surface area contributed by atoms with Crippen LogP contribution < -0.4 is 25.7 Å². The van der Waals surface area contributed by atoms with E-state index >= 15 is 0 Å². The van der Waals surface area contributed by atoms with E-state index in [1.807, 2.05) is 0 Å². The Morgan fingerprint density at radius 3 is 2.02 bits per heavy atom. The quantitative estimate of drug-likeness (QED) is 0.101. The van der Waals surface area contributed by atoms with Crippen LogP contribution in [0.4, 0.5) is 19.4 Å². The Balaban J connectivity index is 1.63. The first-order chi connectivity index (χ1) is 22.8. The highest BCUT2D eigenvalue weighted by atomic mass is 31.2. The van der Waals surface area contributed by atoms with Crippen LogP contribution in [0.3, 0.4) is 0 Å². The van der Waals surface area contributed by atoms with Gasteiger partial charge in [-0.25, -0.2) is 24.3 Å². The predicted octanol–water partition coefficient (Wildman–Crippen LogP) is 2.22. The molecular weight excluding hydrogens is 679 g/mol. The Morgan fingerprint density at radius 1 is 1.00 bits per heavy atom. The molecule has 1 saturated heterocycles. The average Bonchev–Trinajstić information content (AvgIpc) is 3.23. The summed E-state index contributed by atoms with van der Waals surface area (Å²) in [7, 11) is -4.17. The van der Waals surface area contributed by atoms with Gasteiger partial charge in [0.15, 0.2) is 6.10 Å². The van der Waals surface area contributed by atoms with Gasteiger partial charge >= 0.3 is 37.3 Å². The number of hydrogen-bond acceptors (Lipinski definition) is 13. The number of carbonyl (C=O) groups excluding carboxylic acids is 3. The van der Waals surface area contributed by atoms with Crippen molar-refractivity contribution in [3.05, 3.63) is 52.6 Å². The first-order valence-electron chi connectivity index (χ1n) is 15.1. The highest BCUT2D eigenvalue weighted by Crippen LogP contribution is 2.42. The molecule has 0 saturated carbocycles. The molecule has 1 aromatic heterocycles. The smallest absolute Gasteiger partial charge is 0.413 e. The van der Waals surface area contributed by atoms with Crippen molar-refractivity contribution in [1.82, 2.24) is 19.7 Å². The number of rotatable bonds is 15. The molecule has 5 atom stereocenters. The van der Waals surface area contributed by atoms with E-state index in [1.54, 1.807) is 27.7 Å². The maximum Gasteiger partial charge on any atom is 0.413 e. The molecule has 20 heteroatoms. The molecular formula is C29H40F2N5O12P. The van der Waals surface area contributed by atoms with Crippen LogP contribution in [0, 0.1) is 0 Å². The second kappa shape index (κ2) is 16.6. The lowest BCUT2D eigenvalue weighted by Crippen LogP contribution is -2.43. The number of benzene rings is 1. The zero-order valence-electron chi connectivity index (χ0n) is 27.5. The van der Waals surface area contributed by atoms with E-state index in [9.17, 15) is 37.6 Å². The number of ether oxygens (including phenoxy) is 4. The third-order valence-corrected chi connectivity index (χ3v) is 8.46. The number of aromatic nitrogens is 2. The largest absolute Gasteiger partial charge is 0.462 e. The molecule has 0 aliphatic carbocycles. The van der Waals surface area contributed by atoms with E-state index in [0.717, 1.165) is 12.3 Å². The van der Waals surface area contributed by atoms with Gasteiger partial charge in [-0.2, -0.15) is 13.8 Å². The van der Waals surface area contributed by atoms with Gasteiger partial charge < -0.3 is 33.7 Å². The van der Waals surface area contributed by atoms with Crippen LogP contribution in [0.1, 0.15) is 53.3 Å². The minimum Gasteiger partial charge on any atom is -0.462 e. The van der Waals surface area contributed by atoms with Crippen LogP contribution in [-0.4, -0.2) is 86.8 Å². The Kier molecular flexibility index (Phi) is 13.4. The fraction of sp³-hybridized carbons (Fsp3) is 0.552. The van der Waals surface area contributed by atoms with Crippen molar-refractivity contribution in [3.8, 4) is 5.75 Å². The lowest BCUT2D eigenvalue weighted by molar-refractivity contribution is -0.149. The lowest BCUT2D eigenvalue weighted by Gasteiger charge is -2.26. The molecule has 0 unspecified atom stereocenters. The maximum atomic E-state index is 14.4. The zero-order chi connectivity index (χ0) is 36.7. The number of aliphatic hydroxyl groups is 2. The van der Waals surface area contributed by atoms with E-state index in [2.05, 4.69) is 20.5 Å². The number of anilines is 1. The first-order valence-corrected chi connectivity index (χ1v) is 16.7. The molecule has 0 radical (unpaired) electrons. The molecule has 0 spiro atoms. The summed E-state index contributed by atoms with van der Waals surface area (Å²) in [6.07, 6.45) is -7.26. The molecule has 49 heavy (non-hydrogen) atoms. The molecule has 0 bridgehead atoms. The molecule has 2 heterocycles. The van der Waals surface area contributed by atoms with Gasteiger partial charge in [-0.3, -0.25) is 19.5 Å². The van der Waals surface area contributed by atoms with Gasteiger partial charge in [-0.05, 0) is 65.3 Å². The normalized spacial score (nSPS) is 20.0. The average molecular weight is 720 g/mol. The monoisotopic (exact) mass is 719 g/mol. The summed E-state index contributed by atoms with van der Waals surface area (Å²) in [6, 6.07) is 4.53. The van der Waals surface area contributed by atoms with Crippen molar-refractivity contribution in [2.24, 2.45) is 0 Å². The molecule has 3 rings (SSSR count). The van der Waals surface area contributed by atoms with Gasteiger partial charge in [0.2, 0.25) is 6.23 Å². The summed E-state index contributed by atoms with van der Waals surface area (Å²) in [4.78, 5) is 53.0. The third-order valence-electron chi connectivity index (χ3n) is 6.54. The van der Waals surface area contributed by atoms with E-state index in [-0.39, 0.29) is 18.2 Å². The SMILES string of the molecule is CC(C)OC(=O)[C@H](C)NP(=O)(N[C@@H](C)C(=O)OC(C)C)Oc1ccc(COC(=O)Nc2ccn([C@@H]3O[C@H](CO)[C@@H](O)C3(F)F)c(=O)n2)cc1. The maximum absolute atomic E-state index is 14.4. The number of aliphatic hydroxyl groups excluding tert-OH is 2. The minimum absolute atomic E-state index is 0.0461. The number of carbonyl (C=O) groups is 3. The summed E-state index contributed by atoms with van der Waals surface area (Å²) >= 11 is 0. The van der Waals surface area contributed by atoms with Crippen molar-refractivity contribution < 1.29 is 61.4 Å². The van der Waals surface area contributed by atoms with Crippen molar-refractivity contribution in [2.45, 2.75) is 96.8 Å². The van der Waals surface area contributed by atoms with Gasteiger partial charge in [-0.1, -0.05) is 12.1 Å². The summed E-state index contributed by atoms with van der Waals surface area (Å²) < 4.78 is 69.0. The van der Waals surface area contributed by atoms with Crippen LogP contribution in [-0.2, 0) is 39.7 Å². The van der Waals surface area contributed by atoms with Crippen LogP contribution in [0.15, 0.2) is 41.3 Å². The van der Waals surface area contributed by atoms with Crippen molar-refractivity contribution in [3.63, 3.8) is 0 Å². The summed E-state index contributed by atoms with van der Waals surface area (Å²) in [5.74, 6) is -5.60. The second-order valence-electron chi connectivity index (χ2n) is 11.5. The molecule has 1 aliphatic rings. The fourth-order valence-electron chi connectivity index (χ4n) is 4.24. The Labute approximate surface area is 279 Å². The number of halogens is 2. The van der Waals surface area contributed by atoms with Crippen LogP contribution in [0.2, 0.25) is 0 Å². The number of esters is 2. The van der Waals surface area contributed by atoms with Crippen LogP contribution in [0.5, 0.6) is 5.75 Å². The molecule has 1 amide bonds. The van der Waals surface area contributed by atoms with Crippen molar-refractivity contribution in [1.29, 1.82) is 0 Å². The molecule has 2 aromatic rings. The highest BCUT2D eigenvalue weighted by Gasteiger charge is 2.59. The van der Waals surface area contributed by atoms with Gasteiger partial charge in [0.1, 0.15) is 36.4 Å². The van der Waals surface area contributed by atoms with E-state index < -0.39 is 86.6 Å². The Bertz CT molecular complexity index is 1540. The van der Waals surface area contributed by atoms with E-state index in [0.29, 0.717) is 10.1 Å². The van der Waals surface area contributed by atoms with E-state index in [1.165, 1.54) is 38.1 Å². The summed E-state index contributed by atoms with van der Waals surface area (Å²) in [5.41, 5.74) is -0.801. The highest BCUT2D eigenvalue weighted by molar-refractivity contribution is 7.55. The lowest BCUT2D eigenvalue weighted by atomic mass is 10.1. The molecule has 1 aliphatic heterocycles. The summed E-state index contributed by atoms with van der Waals surface area (Å²) in [6.45, 7) is 8.20. The molecule has 5 N–H and O–H groups in total. The van der Waals surface area contributed by atoms with Crippen molar-refractivity contribution >= 4 is 31.5 Å². The Hall–Kier alpha value is -4.00. The fourth-order valence-corrected chi connectivity index (χ4v) is 6.07. The topological polar surface area (TPSA) is 226 Å². The van der Waals surface area contributed by atoms with Gasteiger partial charge in [0.25, 0.3) is 0 Å². The van der Waals surface area contributed by atoms with E-state index in [4.69, 9.17) is 28.6 Å². The minimum atomic E-state index is -4.17. The number of hydrogen-bond donors (Lipinski definition) is 5. The van der Waals surface area contributed by atoms with Gasteiger partial charge in [0.05, 0.1) is 18.8 Å². The predicted molar refractivity (Wildman–Crippen MR) is 167 cm³/mol. The number of nitrogens with zero attached hydrogens (tertiary/aromatic N) is 2. The number of nitrogens with one attached hydrogen (secondary N) is 3. The van der Waals surface area contributed by atoms with Crippen molar-refractivity contribution in [2.75, 3.05) is 11.9 Å². The zero-order valence-corrected chi connectivity index (χ0v) is 28.4. The number of alkyl halides is 2. The summed E-state index contributed by atoms with van der Waals surface area (Å²) in [5, 5.41) is 26.1. The molecule has 272 valence electrons. The van der Waals surface area contributed by atoms with Crippen LogP contribution >= 0.6 is 7.67 Å². The first kappa shape index (κ1) is 39.4. The molecule has 17 nitrogen and oxygen atoms in total. The Morgan fingerprint density at radius 2 is 1.55 bits per heavy atom. The number of amides is 1. The standard InChI is InChI=1S/C29H40F2N5O12P/c1-15(2)45-24(39)17(5)34-49(43,35-18(6)25(40)46-16(3)4)48-20-9-7-19(8-10-20)14-44-28(42)33-22-11-12-36(27(41)32-22)26-29(30,31)23(38)21(13-37)47-26/h7-12,15-18,21,23,26,37-38H,13-14H2,1-6H3,(H2,34,35,43)(H,32,33,41,42)/t17-,18-,21+,23+,26+/m0/s1. The third kappa shape index (κ3) is 10.7.